The molecule has 0 atom stereocenters. The molecule has 0 aromatic heterocycles. The molecule has 0 saturated carbocycles. The van der Waals surface area contributed by atoms with Gasteiger partial charge in [-0.3, -0.25) is 16.0 Å². The van der Waals surface area contributed by atoms with E-state index in [4.69, 9.17) is 10.6 Å². The van der Waals surface area contributed by atoms with Gasteiger partial charge in [0.2, 0.25) is 5.75 Å². The zero-order valence-corrected chi connectivity index (χ0v) is 9.37. The molecule has 92 valence electrons. The lowest BCUT2D eigenvalue weighted by Crippen LogP contribution is -2.09. The SMILES string of the molecule is NNc1cccc(Oc2ccccc2)c1[N+](=O)[O-]. The molecule has 0 bridgehead atoms. The highest BCUT2D eigenvalue weighted by molar-refractivity contribution is 5.68. The summed E-state index contributed by atoms with van der Waals surface area (Å²) in [6, 6.07) is 13.5. The van der Waals surface area contributed by atoms with Gasteiger partial charge in [0.25, 0.3) is 0 Å². The third-order valence-corrected chi connectivity index (χ3v) is 2.31. The molecule has 18 heavy (non-hydrogen) atoms. The fraction of sp³-hybridized carbons (Fsp3) is 0. The van der Waals surface area contributed by atoms with Crippen molar-refractivity contribution >= 4 is 11.4 Å². The molecule has 0 aliphatic heterocycles. The largest absolute Gasteiger partial charge is 0.450 e. The average molecular weight is 245 g/mol. The van der Waals surface area contributed by atoms with Gasteiger partial charge in [-0.05, 0) is 24.3 Å². The quantitative estimate of drug-likeness (QED) is 0.491. The third-order valence-electron chi connectivity index (χ3n) is 2.31. The predicted molar refractivity (Wildman–Crippen MR) is 67.4 cm³/mol. The second kappa shape index (κ2) is 5.15. The van der Waals surface area contributed by atoms with Crippen LogP contribution < -0.4 is 16.0 Å². The van der Waals surface area contributed by atoms with Crippen LogP contribution in [0, 0.1) is 10.1 Å². The van der Waals surface area contributed by atoms with Crippen molar-refractivity contribution in [2.75, 3.05) is 5.43 Å². The van der Waals surface area contributed by atoms with Crippen molar-refractivity contribution < 1.29 is 9.66 Å². The first-order chi connectivity index (χ1) is 8.72. The van der Waals surface area contributed by atoms with Crippen LogP contribution >= 0.6 is 0 Å². The molecule has 0 saturated heterocycles. The number of anilines is 1. The molecule has 6 heteroatoms. The Morgan fingerprint density at radius 1 is 1.11 bits per heavy atom. The van der Waals surface area contributed by atoms with Crippen molar-refractivity contribution in [3.63, 3.8) is 0 Å². The summed E-state index contributed by atoms with van der Waals surface area (Å²) in [6.07, 6.45) is 0. The molecule has 2 rings (SSSR count). The number of hydrogen-bond donors (Lipinski definition) is 2. The molecule has 0 fully saturated rings. The van der Waals surface area contributed by atoms with Gasteiger partial charge < -0.3 is 10.2 Å². The fourth-order valence-corrected chi connectivity index (χ4v) is 1.52. The summed E-state index contributed by atoms with van der Waals surface area (Å²) in [7, 11) is 0. The minimum Gasteiger partial charge on any atom is -0.450 e. The lowest BCUT2D eigenvalue weighted by atomic mass is 10.2. The van der Waals surface area contributed by atoms with Crippen LogP contribution in [0.1, 0.15) is 0 Å². The summed E-state index contributed by atoms with van der Waals surface area (Å²) in [5.74, 6) is 5.90. The van der Waals surface area contributed by atoms with Crippen molar-refractivity contribution in [3.8, 4) is 11.5 Å². The Labute approximate surface area is 103 Å². The van der Waals surface area contributed by atoms with Gasteiger partial charge in [-0.2, -0.15) is 0 Å². The summed E-state index contributed by atoms with van der Waals surface area (Å²) in [6.45, 7) is 0. The second-order valence-corrected chi connectivity index (χ2v) is 3.47. The number of para-hydroxylation sites is 2. The van der Waals surface area contributed by atoms with E-state index in [-0.39, 0.29) is 17.1 Å². The molecule has 0 aliphatic carbocycles. The number of benzene rings is 2. The van der Waals surface area contributed by atoms with E-state index >= 15 is 0 Å². The maximum Gasteiger partial charge on any atom is 0.335 e. The Morgan fingerprint density at radius 2 is 1.83 bits per heavy atom. The normalized spacial score (nSPS) is 9.83. The fourth-order valence-electron chi connectivity index (χ4n) is 1.52. The highest BCUT2D eigenvalue weighted by Crippen LogP contribution is 2.36. The van der Waals surface area contributed by atoms with Crippen molar-refractivity contribution in [1.82, 2.24) is 0 Å². The number of nitrogens with one attached hydrogen (secondary N) is 1. The first-order valence-electron chi connectivity index (χ1n) is 5.19. The van der Waals surface area contributed by atoms with Crippen LogP contribution in [0.15, 0.2) is 48.5 Å². The van der Waals surface area contributed by atoms with E-state index in [2.05, 4.69) is 5.43 Å². The Bertz CT molecular complexity index is 558. The lowest BCUT2D eigenvalue weighted by Gasteiger charge is -2.08. The zero-order chi connectivity index (χ0) is 13.0. The number of hydrogen-bond acceptors (Lipinski definition) is 5. The minimum atomic E-state index is -0.534. The van der Waals surface area contributed by atoms with E-state index in [1.807, 2.05) is 6.07 Å². The number of nitro groups is 1. The Hall–Kier alpha value is -2.60. The number of nitrogens with two attached hydrogens (primary N) is 1. The van der Waals surface area contributed by atoms with Crippen LogP contribution in [0.4, 0.5) is 11.4 Å². The number of rotatable bonds is 4. The van der Waals surface area contributed by atoms with Crippen LogP contribution in [-0.2, 0) is 0 Å². The first-order valence-corrected chi connectivity index (χ1v) is 5.19. The number of ether oxygens (including phenoxy) is 1. The zero-order valence-electron chi connectivity index (χ0n) is 9.37. The van der Waals surface area contributed by atoms with E-state index in [1.54, 1.807) is 30.3 Å². The molecule has 0 aliphatic rings. The third kappa shape index (κ3) is 2.38. The Kier molecular flexibility index (Phi) is 3.40. The van der Waals surface area contributed by atoms with E-state index in [0.29, 0.717) is 5.75 Å². The van der Waals surface area contributed by atoms with Gasteiger partial charge in [-0.25, -0.2) is 0 Å². The average Bonchev–Trinajstić information content (AvgIpc) is 2.39. The second-order valence-electron chi connectivity index (χ2n) is 3.47. The van der Waals surface area contributed by atoms with Gasteiger partial charge in [-0.1, -0.05) is 24.3 Å². The maximum atomic E-state index is 11.0. The summed E-state index contributed by atoms with van der Waals surface area (Å²) in [5.41, 5.74) is 2.29. The van der Waals surface area contributed by atoms with Gasteiger partial charge >= 0.3 is 5.69 Å². The first kappa shape index (κ1) is 11.9. The predicted octanol–water partition coefficient (Wildman–Crippen LogP) is 2.67. The van der Waals surface area contributed by atoms with Gasteiger partial charge in [0.1, 0.15) is 11.4 Å². The molecular weight excluding hydrogens is 234 g/mol. The van der Waals surface area contributed by atoms with Gasteiger partial charge in [0.05, 0.1) is 4.92 Å². The molecule has 0 unspecified atom stereocenters. The van der Waals surface area contributed by atoms with Crippen LogP contribution in [-0.4, -0.2) is 4.92 Å². The van der Waals surface area contributed by atoms with Crippen molar-refractivity contribution in [2.45, 2.75) is 0 Å². The molecule has 6 nitrogen and oxygen atoms in total. The topological polar surface area (TPSA) is 90.4 Å². The molecule has 0 radical (unpaired) electrons. The number of hydrazine groups is 1. The maximum absolute atomic E-state index is 11.0. The number of nitrogen functional groups attached to an aromatic ring is 1. The van der Waals surface area contributed by atoms with Crippen molar-refractivity contribution in [1.29, 1.82) is 0 Å². The van der Waals surface area contributed by atoms with Gasteiger partial charge in [0.15, 0.2) is 0 Å². The summed E-state index contributed by atoms with van der Waals surface area (Å²) in [4.78, 5) is 10.5. The van der Waals surface area contributed by atoms with Crippen molar-refractivity contribution in [3.05, 3.63) is 58.6 Å². The van der Waals surface area contributed by atoms with Gasteiger partial charge in [0, 0.05) is 0 Å². The van der Waals surface area contributed by atoms with E-state index < -0.39 is 4.92 Å². The van der Waals surface area contributed by atoms with E-state index in [1.165, 1.54) is 12.1 Å². The van der Waals surface area contributed by atoms with Crippen LogP contribution in [0.25, 0.3) is 0 Å². The minimum absolute atomic E-state index is 0.140. The number of nitro benzene ring substituents is 1. The summed E-state index contributed by atoms with van der Waals surface area (Å²) < 4.78 is 5.48. The van der Waals surface area contributed by atoms with Gasteiger partial charge in [-0.15, -0.1) is 0 Å². The smallest absolute Gasteiger partial charge is 0.335 e. The summed E-state index contributed by atoms with van der Waals surface area (Å²) in [5, 5.41) is 11.0. The standard InChI is InChI=1S/C12H11N3O3/c13-14-10-7-4-8-11(12(10)15(16)17)18-9-5-2-1-3-6-9/h1-8,14H,13H2. The highest BCUT2D eigenvalue weighted by atomic mass is 16.6. The highest BCUT2D eigenvalue weighted by Gasteiger charge is 2.20. The monoisotopic (exact) mass is 245 g/mol. The molecule has 2 aromatic carbocycles. The van der Waals surface area contributed by atoms with E-state index in [9.17, 15) is 10.1 Å². The molecule has 2 aromatic rings. The van der Waals surface area contributed by atoms with Crippen LogP contribution in [0.2, 0.25) is 0 Å². The molecule has 0 amide bonds. The Balaban J connectivity index is 2.42. The summed E-state index contributed by atoms with van der Waals surface area (Å²) >= 11 is 0. The van der Waals surface area contributed by atoms with Crippen molar-refractivity contribution in [2.24, 2.45) is 5.84 Å². The lowest BCUT2D eigenvalue weighted by molar-refractivity contribution is -0.384. The molecule has 0 heterocycles. The van der Waals surface area contributed by atoms with E-state index in [0.717, 1.165) is 0 Å². The van der Waals surface area contributed by atoms with Crippen LogP contribution in [0.3, 0.4) is 0 Å². The molecule has 3 N–H and O–H groups in total. The molecule has 0 spiro atoms. The Morgan fingerprint density at radius 3 is 2.44 bits per heavy atom. The molecular formula is C12H11N3O3. The van der Waals surface area contributed by atoms with Crippen LogP contribution in [0.5, 0.6) is 11.5 Å². The number of nitrogens with zero attached hydrogens (tertiary/aromatic N) is 1.